The molecule has 1 atom stereocenters. The lowest BCUT2D eigenvalue weighted by atomic mass is 9.77. The van der Waals surface area contributed by atoms with Crippen molar-refractivity contribution in [1.29, 1.82) is 0 Å². The summed E-state index contributed by atoms with van der Waals surface area (Å²) in [4.78, 5) is 39.6. The number of alkyl carbamates (subject to hydrolysis) is 1. The van der Waals surface area contributed by atoms with E-state index in [-0.39, 0.29) is 24.7 Å². The fourth-order valence-electron chi connectivity index (χ4n) is 6.31. The summed E-state index contributed by atoms with van der Waals surface area (Å²) in [5, 5.41) is 5.91. The van der Waals surface area contributed by atoms with E-state index in [0.717, 1.165) is 38.9 Å². The number of ketones is 1. The monoisotopic (exact) mass is 594 g/mol. The van der Waals surface area contributed by atoms with Crippen LogP contribution >= 0.6 is 0 Å². The zero-order valence-corrected chi connectivity index (χ0v) is 25.0. The van der Waals surface area contributed by atoms with Crippen molar-refractivity contribution in [2.45, 2.75) is 30.8 Å². The third-order valence-corrected chi connectivity index (χ3v) is 8.46. The van der Waals surface area contributed by atoms with E-state index >= 15 is 0 Å². The second-order valence-electron chi connectivity index (χ2n) is 11.2. The van der Waals surface area contributed by atoms with Gasteiger partial charge in [-0.2, -0.15) is 0 Å². The Bertz CT molecular complexity index is 1660. The van der Waals surface area contributed by atoms with Crippen LogP contribution in [0.1, 0.15) is 47.1 Å². The zero-order chi connectivity index (χ0) is 31.2. The van der Waals surface area contributed by atoms with Gasteiger partial charge in [-0.15, -0.1) is 0 Å². The number of carbonyl (C=O) groups excluding carboxylic acids is 3. The molecule has 1 aliphatic rings. The number of Topliss-reactive ketones (excluding diaryl/α,β-unsaturated/α-hetero) is 1. The van der Waals surface area contributed by atoms with E-state index in [1.54, 1.807) is 0 Å². The molecule has 6 nitrogen and oxygen atoms in total. The molecule has 0 saturated heterocycles. The molecule has 2 amide bonds. The summed E-state index contributed by atoms with van der Waals surface area (Å²) in [6, 6.07) is 44.3. The van der Waals surface area contributed by atoms with Gasteiger partial charge in [0, 0.05) is 5.92 Å². The molecule has 0 spiro atoms. The molecule has 1 aliphatic carbocycles. The Morgan fingerprint density at radius 1 is 0.644 bits per heavy atom. The molecule has 6 heteroatoms. The van der Waals surface area contributed by atoms with Crippen molar-refractivity contribution in [1.82, 2.24) is 10.6 Å². The fourth-order valence-corrected chi connectivity index (χ4v) is 6.31. The fraction of sp³-hybridized carbons (Fsp3) is 0.154. The minimum atomic E-state index is -1.07. The quantitative estimate of drug-likeness (QED) is 0.171. The molecule has 0 aromatic heterocycles. The van der Waals surface area contributed by atoms with Gasteiger partial charge < -0.3 is 15.4 Å². The topological polar surface area (TPSA) is 84.5 Å². The predicted molar refractivity (Wildman–Crippen MR) is 175 cm³/mol. The van der Waals surface area contributed by atoms with Gasteiger partial charge in [0.25, 0.3) is 0 Å². The maximum Gasteiger partial charge on any atom is 0.407 e. The SMILES string of the molecule is CC(=O)[C@H](CC(=O)NC(c1ccccc1)(c1ccccc1)c1ccccc1)NC(=O)OCC1c2ccccc2-c2ccccc21. The van der Waals surface area contributed by atoms with Crippen LogP contribution in [0.2, 0.25) is 0 Å². The van der Waals surface area contributed by atoms with Gasteiger partial charge >= 0.3 is 6.09 Å². The third kappa shape index (κ3) is 6.00. The maximum absolute atomic E-state index is 13.9. The van der Waals surface area contributed by atoms with Crippen LogP contribution in [0.25, 0.3) is 11.1 Å². The first-order chi connectivity index (χ1) is 22.0. The molecule has 0 fully saturated rings. The molecule has 5 aromatic carbocycles. The average molecular weight is 595 g/mol. The standard InChI is InChI=1S/C39H34N2O4/c1-27(42)36(40-38(44)45-26-35-33-23-13-11-21-31(33)32-22-12-14-24-34(32)35)25-37(43)41-39(28-15-5-2-6-16-28,29-17-7-3-8-18-29)30-19-9-4-10-20-30/h2-24,35-36H,25-26H2,1H3,(H,40,44)(H,41,43)/t36-/m0/s1. The molecule has 0 radical (unpaired) electrons. The Balaban J connectivity index is 1.21. The third-order valence-electron chi connectivity index (χ3n) is 8.46. The summed E-state index contributed by atoms with van der Waals surface area (Å²) in [6.45, 7) is 1.47. The lowest BCUT2D eigenvalue weighted by molar-refractivity contribution is -0.127. The number of rotatable bonds is 10. The number of hydrogen-bond donors (Lipinski definition) is 2. The van der Waals surface area contributed by atoms with Crippen molar-refractivity contribution in [3.05, 3.63) is 167 Å². The summed E-state index contributed by atoms with van der Waals surface area (Å²) in [5.74, 6) is -0.862. The number of benzene rings is 5. The van der Waals surface area contributed by atoms with Gasteiger partial charge in [0.05, 0.1) is 12.5 Å². The lowest BCUT2D eigenvalue weighted by Crippen LogP contribution is -2.51. The molecule has 5 aromatic rings. The number of ether oxygens (including phenoxy) is 1. The maximum atomic E-state index is 13.9. The van der Waals surface area contributed by atoms with Gasteiger partial charge in [-0.3, -0.25) is 9.59 Å². The summed E-state index contributed by atoms with van der Waals surface area (Å²) in [7, 11) is 0. The highest BCUT2D eigenvalue weighted by Gasteiger charge is 2.38. The molecule has 0 saturated carbocycles. The predicted octanol–water partition coefficient (Wildman–Crippen LogP) is 6.98. The summed E-state index contributed by atoms with van der Waals surface area (Å²) < 4.78 is 5.68. The van der Waals surface area contributed by atoms with E-state index in [0.29, 0.717) is 0 Å². The van der Waals surface area contributed by atoms with Crippen molar-refractivity contribution >= 4 is 17.8 Å². The number of nitrogens with one attached hydrogen (secondary N) is 2. The molecule has 2 N–H and O–H groups in total. The second-order valence-corrected chi connectivity index (χ2v) is 11.2. The van der Waals surface area contributed by atoms with Crippen LogP contribution in [-0.4, -0.2) is 30.4 Å². The van der Waals surface area contributed by atoms with Crippen LogP contribution in [0, 0.1) is 0 Å². The first-order valence-electron chi connectivity index (χ1n) is 15.1. The Hall–Kier alpha value is -5.49. The van der Waals surface area contributed by atoms with Crippen molar-refractivity contribution in [3.8, 4) is 11.1 Å². The summed E-state index contributed by atoms with van der Waals surface area (Å²) >= 11 is 0. The largest absolute Gasteiger partial charge is 0.449 e. The molecule has 0 bridgehead atoms. The Labute approximate surface area is 263 Å². The Morgan fingerprint density at radius 2 is 1.07 bits per heavy atom. The Morgan fingerprint density at radius 3 is 1.51 bits per heavy atom. The highest BCUT2D eigenvalue weighted by Crippen LogP contribution is 2.44. The van der Waals surface area contributed by atoms with Crippen LogP contribution in [0.3, 0.4) is 0 Å². The molecule has 45 heavy (non-hydrogen) atoms. The second kappa shape index (κ2) is 13.0. The first kappa shape index (κ1) is 29.6. The molecule has 0 aliphatic heterocycles. The van der Waals surface area contributed by atoms with Gasteiger partial charge in [-0.25, -0.2) is 4.79 Å². The van der Waals surface area contributed by atoms with Crippen LogP contribution in [0.15, 0.2) is 140 Å². The van der Waals surface area contributed by atoms with E-state index in [1.807, 2.05) is 127 Å². The molecule has 0 heterocycles. The molecule has 6 rings (SSSR count). The average Bonchev–Trinajstić information content (AvgIpc) is 3.40. The van der Waals surface area contributed by atoms with Crippen LogP contribution in [0.5, 0.6) is 0 Å². The highest BCUT2D eigenvalue weighted by molar-refractivity contribution is 5.91. The van der Waals surface area contributed by atoms with Gasteiger partial charge in [0.1, 0.15) is 12.1 Å². The minimum absolute atomic E-state index is 0.107. The van der Waals surface area contributed by atoms with Gasteiger partial charge in [-0.05, 0) is 45.9 Å². The zero-order valence-electron chi connectivity index (χ0n) is 25.0. The highest BCUT2D eigenvalue weighted by atomic mass is 16.5. The first-order valence-corrected chi connectivity index (χ1v) is 15.1. The van der Waals surface area contributed by atoms with E-state index in [9.17, 15) is 14.4 Å². The molecule has 0 unspecified atom stereocenters. The van der Waals surface area contributed by atoms with Gasteiger partial charge in [0.2, 0.25) is 5.91 Å². The van der Waals surface area contributed by atoms with E-state index < -0.39 is 23.6 Å². The van der Waals surface area contributed by atoms with E-state index in [1.165, 1.54) is 6.92 Å². The minimum Gasteiger partial charge on any atom is -0.449 e. The number of hydrogen-bond acceptors (Lipinski definition) is 4. The number of fused-ring (bicyclic) bond motifs is 3. The van der Waals surface area contributed by atoms with Gasteiger partial charge in [0.15, 0.2) is 5.78 Å². The van der Waals surface area contributed by atoms with Crippen molar-refractivity contribution in [2.75, 3.05) is 6.61 Å². The van der Waals surface area contributed by atoms with E-state index in [4.69, 9.17) is 4.74 Å². The van der Waals surface area contributed by atoms with Crippen molar-refractivity contribution < 1.29 is 19.1 Å². The number of carbonyl (C=O) groups is 3. The smallest absolute Gasteiger partial charge is 0.407 e. The summed E-state index contributed by atoms with van der Waals surface area (Å²) in [6.07, 6.45) is -1.00. The summed E-state index contributed by atoms with van der Waals surface area (Å²) in [5.41, 5.74) is 5.98. The Kier molecular flexibility index (Phi) is 8.56. The molecule has 224 valence electrons. The molecular weight excluding hydrogens is 560 g/mol. The van der Waals surface area contributed by atoms with Crippen LogP contribution in [-0.2, 0) is 19.9 Å². The van der Waals surface area contributed by atoms with Crippen molar-refractivity contribution in [2.24, 2.45) is 0 Å². The normalized spacial score (nSPS) is 12.8. The van der Waals surface area contributed by atoms with Crippen LogP contribution < -0.4 is 10.6 Å². The van der Waals surface area contributed by atoms with Crippen LogP contribution in [0.4, 0.5) is 4.79 Å². The van der Waals surface area contributed by atoms with Crippen molar-refractivity contribution in [3.63, 3.8) is 0 Å². The molecular formula is C39H34N2O4. The number of amides is 2. The lowest BCUT2D eigenvalue weighted by Gasteiger charge is -2.37. The van der Waals surface area contributed by atoms with E-state index in [2.05, 4.69) is 22.8 Å². The van der Waals surface area contributed by atoms with Gasteiger partial charge in [-0.1, -0.05) is 140 Å².